The van der Waals surface area contributed by atoms with Crippen molar-refractivity contribution in [1.82, 2.24) is 25.1 Å². The minimum atomic E-state index is -0.190. The topological polar surface area (TPSA) is 81.9 Å². The van der Waals surface area contributed by atoms with E-state index in [1.54, 1.807) is 16.4 Å². The molecule has 0 radical (unpaired) electrons. The SMILES string of the molecule is CCOc1ccc(-c2nc(C(=O)NCc3cccc(Cn4cncn4)c3)cs2)cc1. The fourth-order valence-electron chi connectivity index (χ4n) is 2.98. The average Bonchev–Trinajstić information content (AvgIpc) is 3.46. The maximum atomic E-state index is 12.5. The molecule has 0 spiro atoms. The number of amides is 1. The third kappa shape index (κ3) is 4.90. The summed E-state index contributed by atoms with van der Waals surface area (Å²) in [5.74, 6) is 0.631. The Morgan fingerprint density at radius 2 is 2.00 bits per heavy atom. The second-order valence-electron chi connectivity index (χ2n) is 6.59. The minimum Gasteiger partial charge on any atom is -0.494 e. The van der Waals surface area contributed by atoms with Gasteiger partial charge in [0.2, 0.25) is 0 Å². The Bertz CT molecular complexity index is 1110. The molecule has 8 heteroatoms. The molecular formula is C22H21N5O2S. The fourth-order valence-corrected chi connectivity index (χ4v) is 3.79. The van der Waals surface area contributed by atoms with Gasteiger partial charge in [0.15, 0.2) is 0 Å². The molecule has 2 heterocycles. The van der Waals surface area contributed by atoms with Gasteiger partial charge in [-0.1, -0.05) is 24.3 Å². The van der Waals surface area contributed by atoms with Crippen LogP contribution in [-0.4, -0.2) is 32.3 Å². The molecule has 0 aliphatic carbocycles. The lowest BCUT2D eigenvalue weighted by atomic mass is 10.1. The van der Waals surface area contributed by atoms with E-state index in [0.29, 0.717) is 25.4 Å². The molecule has 0 aliphatic rings. The molecular weight excluding hydrogens is 398 g/mol. The summed E-state index contributed by atoms with van der Waals surface area (Å²) < 4.78 is 7.22. The molecule has 0 atom stereocenters. The molecule has 1 N–H and O–H groups in total. The van der Waals surface area contributed by atoms with Gasteiger partial charge in [0.05, 0.1) is 13.2 Å². The van der Waals surface area contributed by atoms with Crippen molar-refractivity contribution in [3.8, 4) is 16.3 Å². The monoisotopic (exact) mass is 419 g/mol. The number of carbonyl (C=O) groups excluding carboxylic acids is 1. The van der Waals surface area contributed by atoms with E-state index in [1.165, 1.54) is 17.7 Å². The van der Waals surface area contributed by atoms with Gasteiger partial charge >= 0.3 is 0 Å². The zero-order valence-corrected chi connectivity index (χ0v) is 17.3. The standard InChI is InChI=1S/C22H21N5O2S/c1-2-29-19-8-6-18(7-9-19)22-26-20(13-30-22)21(28)24-11-16-4-3-5-17(10-16)12-27-15-23-14-25-27/h3-10,13-15H,2,11-12H2,1H3,(H,24,28). The first-order chi connectivity index (χ1) is 14.7. The van der Waals surface area contributed by atoms with E-state index >= 15 is 0 Å². The first kappa shape index (κ1) is 19.8. The Morgan fingerprint density at radius 1 is 1.17 bits per heavy atom. The number of nitrogens with zero attached hydrogens (tertiary/aromatic N) is 4. The maximum Gasteiger partial charge on any atom is 0.271 e. The van der Waals surface area contributed by atoms with Gasteiger partial charge in [0.1, 0.15) is 29.1 Å². The predicted molar refractivity (Wildman–Crippen MR) is 115 cm³/mol. The van der Waals surface area contributed by atoms with E-state index in [2.05, 4.69) is 20.4 Å². The molecule has 4 rings (SSSR count). The lowest BCUT2D eigenvalue weighted by Crippen LogP contribution is -2.23. The molecule has 0 fully saturated rings. The largest absolute Gasteiger partial charge is 0.494 e. The zero-order chi connectivity index (χ0) is 20.8. The van der Waals surface area contributed by atoms with Crippen molar-refractivity contribution in [2.24, 2.45) is 0 Å². The van der Waals surface area contributed by atoms with Gasteiger partial charge in [-0.2, -0.15) is 5.10 Å². The van der Waals surface area contributed by atoms with Crippen molar-refractivity contribution < 1.29 is 9.53 Å². The third-order valence-corrected chi connectivity index (χ3v) is 5.30. The number of aromatic nitrogens is 4. The number of thiazole rings is 1. The lowest BCUT2D eigenvalue weighted by Gasteiger charge is -2.07. The van der Waals surface area contributed by atoms with Crippen molar-refractivity contribution in [3.63, 3.8) is 0 Å². The number of nitrogens with one attached hydrogen (secondary N) is 1. The van der Waals surface area contributed by atoms with Crippen LogP contribution in [0, 0.1) is 0 Å². The van der Waals surface area contributed by atoms with E-state index in [0.717, 1.165) is 27.4 Å². The molecule has 4 aromatic rings. The molecule has 0 saturated heterocycles. The van der Waals surface area contributed by atoms with Crippen LogP contribution in [0.1, 0.15) is 28.5 Å². The summed E-state index contributed by atoms with van der Waals surface area (Å²) in [6.45, 7) is 3.65. The van der Waals surface area contributed by atoms with Crippen LogP contribution < -0.4 is 10.1 Å². The summed E-state index contributed by atoms with van der Waals surface area (Å²) >= 11 is 1.45. The zero-order valence-electron chi connectivity index (χ0n) is 16.5. The van der Waals surface area contributed by atoms with Gasteiger partial charge in [0, 0.05) is 17.5 Å². The van der Waals surface area contributed by atoms with E-state index in [4.69, 9.17) is 4.74 Å². The molecule has 1 amide bonds. The van der Waals surface area contributed by atoms with Crippen molar-refractivity contribution in [3.05, 3.63) is 83.4 Å². The number of rotatable bonds is 8. The van der Waals surface area contributed by atoms with Gasteiger partial charge in [-0.15, -0.1) is 11.3 Å². The summed E-state index contributed by atoms with van der Waals surface area (Å²) in [5, 5.41) is 9.64. The molecule has 2 aromatic carbocycles. The molecule has 0 aliphatic heterocycles. The minimum absolute atomic E-state index is 0.190. The van der Waals surface area contributed by atoms with Gasteiger partial charge < -0.3 is 10.1 Å². The summed E-state index contributed by atoms with van der Waals surface area (Å²) in [5.41, 5.74) is 3.49. The van der Waals surface area contributed by atoms with Crippen molar-refractivity contribution in [1.29, 1.82) is 0 Å². The summed E-state index contributed by atoms with van der Waals surface area (Å²) in [4.78, 5) is 21.0. The Labute approximate surface area is 178 Å². The van der Waals surface area contributed by atoms with Crippen LogP contribution in [0.2, 0.25) is 0 Å². The number of hydrogen-bond donors (Lipinski definition) is 1. The number of hydrogen-bond acceptors (Lipinski definition) is 6. The second kappa shape index (κ2) is 9.32. The first-order valence-electron chi connectivity index (χ1n) is 9.58. The molecule has 0 bridgehead atoms. The Hall–Kier alpha value is -3.52. The van der Waals surface area contributed by atoms with Crippen molar-refractivity contribution >= 4 is 17.2 Å². The highest BCUT2D eigenvalue weighted by molar-refractivity contribution is 7.13. The summed E-state index contributed by atoms with van der Waals surface area (Å²) in [6.07, 6.45) is 3.19. The highest BCUT2D eigenvalue weighted by Gasteiger charge is 2.12. The van der Waals surface area contributed by atoms with Crippen LogP contribution in [0.15, 0.2) is 66.6 Å². The average molecular weight is 420 g/mol. The smallest absolute Gasteiger partial charge is 0.271 e. The van der Waals surface area contributed by atoms with Gasteiger partial charge in [-0.25, -0.2) is 14.6 Å². The van der Waals surface area contributed by atoms with Gasteiger partial charge in [-0.05, 0) is 42.3 Å². The maximum absolute atomic E-state index is 12.5. The van der Waals surface area contributed by atoms with Crippen LogP contribution in [0.25, 0.3) is 10.6 Å². The molecule has 2 aromatic heterocycles. The van der Waals surface area contributed by atoms with Crippen LogP contribution in [0.5, 0.6) is 5.75 Å². The number of ether oxygens (including phenoxy) is 1. The highest BCUT2D eigenvalue weighted by Crippen LogP contribution is 2.25. The van der Waals surface area contributed by atoms with Gasteiger partial charge in [-0.3, -0.25) is 4.79 Å². The van der Waals surface area contributed by atoms with E-state index in [-0.39, 0.29) is 5.91 Å². The molecule has 0 unspecified atom stereocenters. The molecule has 7 nitrogen and oxygen atoms in total. The predicted octanol–water partition coefficient (Wildman–Crippen LogP) is 3.78. The first-order valence-corrected chi connectivity index (χ1v) is 10.5. The third-order valence-electron chi connectivity index (χ3n) is 4.40. The Kier molecular flexibility index (Phi) is 6.14. The lowest BCUT2D eigenvalue weighted by molar-refractivity contribution is 0.0946. The Balaban J connectivity index is 1.37. The normalized spacial score (nSPS) is 10.7. The van der Waals surface area contributed by atoms with Crippen LogP contribution in [-0.2, 0) is 13.1 Å². The fraction of sp³-hybridized carbons (Fsp3) is 0.182. The Morgan fingerprint density at radius 3 is 2.77 bits per heavy atom. The number of benzene rings is 2. The molecule has 0 saturated carbocycles. The molecule has 152 valence electrons. The van der Waals surface area contributed by atoms with Crippen molar-refractivity contribution in [2.75, 3.05) is 6.61 Å². The quantitative estimate of drug-likeness (QED) is 0.470. The number of carbonyl (C=O) groups is 1. The second-order valence-corrected chi connectivity index (χ2v) is 7.45. The molecule has 30 heavy (non-hydrogen) atoms. The van der Waals surface area contributed by atoms with E-state index in [9.17, 15) is 4.79 Å². The van der Waals surface area contributed by atoms with Crippen LogP contribution in [0.3, 0.4) is 0 Å². The van der Waals surface area contributed by atoms with Crippen LogP contribution >= 0.6 is 11.3 Å². The summed E-state index contributed by atoms with van der Waals surface area (Å²) in [6, 6.07) is 15.7. The van der Waals surface area contributed by atoms with E-state index in [1.807, 2.05) is 55.5 Å². The van der Waals surface area contributed by atoms with Crippen LogP contribution in [0.4, 0.5) is 0 Å². The van der Waals surface area contributed by atoms with E-state index < -0.39 is 0 Å². The highest BCUT2D eigenvalue weighted by atomic mass is 32.1. The van der Waals surface area contributed by atoms with Gasteiger partial charge in [0.25, 0.3) is 5.91 Å². The van der Waals surface area contributed by atoms with Crippen molar-refractivity contribution in [2.45, 2.75) is 20.0 Å². The summed E-state index contributed by atoms with van der Waals surface area (Å²) in [7, 11) is 0.